The van der Waals surface area contributed by atoms with Crippen LogP contribution in [0.4, 0.5) is 0 Å². The second kappa shape index (κ2) is 3.66. The highest BCUT2D eigenvalue weighted by Gasteiger charge is 2.40. The molecule has 1 rings (SSSR count). The maximum absolute atomic E-state index is 5.97. The van der Waals surface area contributed by atoms with Crippen molar-refractivity contribution in [3.8, 4) is 0 Å². The van der Waals surface area contributed by atoms with Crippen LogP contribution in [0, 0.1) is 10.8 Å². The summed E-state index contributed by atoms with van der Waals surface area (Å²) >= 11 is 0. The van der Waals surface area contributed by atoms with Crippen LogP contribution < -0.4 is 0 Å². The van der Waals surface area contributed by atoms with Gasteiger partial charge in [-0.25, -0.2) is 4.99 Å². The van der Waals surface area contributed by atoms with Crippen molar-refractivity contribution >= 4 is 5.90 Å². The van der Waals surface area contributed by atoms with Gasteiger partial charge in [-0.1, -0.05) is 47.6 Å². The first-order valence-corrected chi connectivity index (χ1v) is 5.54. The molecule has 0 fully saturated rings. The van der Waals surface area contributed by atoms with Crippen molar-refractivity contribution in [2.45, 2.75) is 53.7 Å². The molecule has 1 aliphatic rings. The van der Waals surface area contributed by atoms with Gasteiger partial charge in [0.2, 0.25) is 0 Å². The van der Waals surface area contributed by atoms with Gasteiger partial charge in [0.1, 0.15) is 12.1 Å². The van der Waals surface area contributed by atoms with Gasteiger partial charge in [-0.3, -0.25) is 0 Å². The fourth-order valence-corrected chi connectivity index (χ4v) is 1.66. The molecule has 0 spiro atoms. The Hall–Kier alpha value is -0.790. The Labute approximate surface area is 93.4 Å². The van der Waals surface area contributed by atoms with Gasteiger partial charge in [0, 0.05) is 10.8 Å². The highest BCUT2D eigenvalue weighted by molar-refractivity contribution is 5.83. The molecule has 2 nitrogen and oxygen atoms in total. The average molecular weight is 209 g/mol. The molecule has 0 saturated carbocycles. The Bertz CT molecular complexity index is 278. The standard InChI is InChI=1S/C13H23NO/c1-8-9-10(12(2,3)4)15-11(14-9)13(5,6)7/h8-10H,1H2,2-7H3/t9-,10+/m0/s1. The maximum atomic E-state index is 5.97. The van der Waals surface area contributed by atoms with Gasteiger partial charge in [0.25, 0.3) is 0 Å². The average Bonchev–Trinajstić information content (AvgIpc) is 2.44. The van der Waals surface area contributed by atoms with Gasteiger partial charge in [-0.05, 0) is 0 Å². The van der Waals surface area contributed by atoms with Gasteiger partial charge >= 0.3 is 0 Å². The monoisotopic (exact) mass is 209 g/mol. The van der Waals surface area contributed by atoms with E-state index in [1.165, 1.54) is 0 Å². The molecule has 0 aliphatic carbocycles. The van der Waals surface area contributed by atoms with E-state index in [4.69, 9.17) is 4.74 Å². The smallest absolute Gasteiger partial charge is 0.189 e. The topological polar surface area (TPSA) is 21.6 Å². The van der Waals surface area contributed by atoms with E-state index < -0.39 is 0 Å². The van der Waals surface area contributed by atoms with E-state index in [0.717, 1.165) is 5.90 Å². The molecular weight excluding hydrogens is 186 g/mol. The molecule has 0 amide bonds. The normalized spacial score (nSPS) is 27.2. The molecule has 0 aromatic rings. The maximum Gasteiger partial charge on any atom is 0.189 e. The van der Waals surface area contributed by atoms with Crippen molar-refractivity contribution in [1.82, 2.24) is 0 Å². The summed E-state index contributed by atoms with van der Waals surface area (Å²) in [5.41, 5.74) is 0.0800. The summed E-state index contributed by atoms with van der Waals surface area (Å²) in [6, 6.07) is 0.0965. The Morgan fingerprint density at radius 1 is 1.20 bits per heavy atom. The molecule has 15 heavy (non-hydrogen) atoms. The lowest BCUT2D eigenvalue weighted by atomic mass is 9.85. The third kappa shape index (κ3) is 2.61. The quantitative estimate of drug-likeness (QED) is 0.606. The fourth-order valence-electron chi connectivity index (χ4n) is 1.66. The molecule has 0 aromatic carbocycles. The van der Waals surface area contributed by atoms with Gasteiger partial charge in [-0.2, -0.15) is 0 Å². The lowest BCUT2D eigenvalue weighted by Gasteiger charge is -2.30. The highest BCUT2D eigenvalue weighted by atomic mass is 16.5. The zero-order chi connectivity index (χ0) is 11.9. The number of aliphatic imine (C=N–C) groups is 1. The Morgan fingerprint density at radius 2 is 1.73 bits per heavy atom. The van der Waals surface area contributed by atoms with Crippen molar-refractivity contribution in [3.05, 3.63) is 12.7 Å². The van der Waals surface area contributed by atoms with Crippen molar-refractivity contribution in [2.75, 3.05) is 0 Å². The number of nitrogens with zero attached hydrogens (tertiary/aromatic N) is 1. The minimum atomic E-state index is -0.0126. The van der Waals surface area contributed by atoms with Crippen LogP contribution in [0.1, 0.15) is 41.5 Å². The molecule has 0 saturated heterocycles. The summed E-state index contributed by atoms with van der Waals surface area (Å²) < 4.78 is 5.97. The molecule has 0 radical (unpaired) electrons. The molecule has 2 heteroatoms. The van der Waals surface area contributed by atoms with Crippen LogP contribution in [0.2, 0.25) is 0 Å². The molecule has 0 bridgehead atoms. The summed E-state index contributed by atoms with van der Waals surface area (Å²) in [4.78, 5) is 4.60. The SMILES string of the molecule is C=C[C@@H]1N=C(C(C)(C)C)O[C@H]1C(C)(C)C. The molecule has 0 aromatic heterocycles. The van der Waals surface area contributed by atoms with Crippen LogP contribution in [0.15, 0.2) is 17.6 Å². The summed E-state index contributed by atoms with van der Waals surface area (Å²) in [6.07, 6.45) is 2.00. The van der Waals surface area contributed by atoms with Crippen LogP contribution in [0.3, 0.4) is 0 Å². The van der Waals surface area contributed by atoms with Crippen LogP contribution >= 0.6 is 0 Å². The van der Waals surface area contributed by atoms with Gasteiger partial charge < -0.3 is 4.74 Å². The minimum Gasteiger partial charge on any atom is -0.474 e. The summed E-state index contributed by atoms with van der Waals surface area (Å²) in [5, 5.41) is 0. The Morgan fingerprint density at radius 3 is 2.00 bits per heavy atom. The molecule has 0 N–H and O–H groups in total. The third-order valence-corrected chi connectivity index (χ3v) is 2.55. The van der Waals surface area contributed by atoms with Crippen LogP contribution in [0.25, 0.3) is 0 Å². The summed E-state index contributed by atoms with van der Waals surface area (Å²) in [5.74, 6) is 0.854. The fraction of sp³-hybridized carbons (Fsp3) is 0.769. The van der Waals surface area contributed by atoms with E-state index in [-0.39, 0.29) is 23.0 Å². The molecule has 1 heterocycles. The van der Waals surface area contributed by atoms with Gasteiger partial charge in [-0.15, -0.1) is 6.58 Å². The van der Waals surface area contributed by atoms with Crippen molar-refractivity contribution < 1.29 is 4.74 Å². The molecule has 86 valence electrons. The van der Waals surface area contributed by atoms with Crippen molar-refractivity contribution in [2.24, 2.45) is 15.8 Å². The van der Waals surface area contributed by atoms with Crippen molar-refractivity contribution in [1.29, 1.82) is 0 Å². The second-order valence-corrected chi connectivity index (χ2v) is 6.32. The molecule has 1 aliphatic heterocycles. The number of hydrogen-bond donors (Lipinski definition) is 0. The van der Waals surface area contributed by atoms with E-state index in [2.05, 4.69) is 53.1 Å². The first-order chi connectivity index (χ1) is 6.66. The van der Waals surface area contributed by atoms with Gasteiger partial charge in [0.15, 0.2) is 5.90 Å². The molecule has 2 atom stereocenters. The van der Waals surface area contributed by atoms with E-state index >= 15 is 0 Å². The Kier molecular flexibility index (Phi) is 2.99. The largest absolute Gasteiger partial charge is 0.474 e. The first-order valence-electron chi connectivity index (χ1n) is 5.54. The van der Waals surface area contributed by atoms with Crippen LogP contribution in [-0.4, -0.2) is 18.0 Å². The zero-order valence-electron chi connectivity index (χ0n) is 10.8. The third-order valence-electron chi connectivity index (χ3n) is 2.55. The van der Waals surface area contributed by atoms with E-state index in [1.54, 1.807) is 0 Å². The van der Waals surface area contributed by atoms with Gasteiger partial charge in [0.05, 0.1) is 0 Å². The number of ether oxygens (including phenoxy) is 1. The zero-order valence-corrected chi connectivity index (χ0v) is 10.8. The lowest BCUT2D eigenvalue weighted by Crippen LogP contribution is -2.36. The summed E-state index contributed by atoms with van der Waals surface area (Å²) in [7, 11) is 0. The van der Waals surface area contributed by atoms with E-state index in [0.29, 0.717) is 0 Å². The number of hydrogen-bond acceptors (Lipinski definition) is 2. The first kappa shape index (κ1) is 12.3. The molecule has 0 unspecified atom stereocenters. The highest BCUT2D eigenvalue weighted by Crippen LogP contribution is 2.35. The van der Waals surface area contributed by atoms with E-state index in [9.17, 15) is 0 Å². The van der Waals surface area contributed by atoms with Crippen LogP contribution in [0.5, 0.6) is 0 Å². The summed E-state index contributed by atoms with van der Waals surface area (Å²) in [6.45, 7) is 16.7. The lowest BCUT2D eigenvalue weighted by molar-refractivity contribution is 0.0776. The predicted octanol–water partition coefficient (Wildman–Crippen LogP) is 3.43. The minimum absolute atomic E-state index is 0.0126. The van der Waals surface area contributed by atoms with Crippen molar-refractivity contribution in [3.63, 3.8) is 0 Å². The van der Waals surface area contributed by atoms with E-state index in [1.807, 2.05) is 6.08 Å². The van der Waals surface area contributed by atoms with Crippen LogP contribution in [-0.2, 0) is 4.74 Å². The predicted molar refractivity (Wildman–Crippen MR) is 65.2 cm³/mol. The Balaban J connectivity index is 2.91. The molecular formula is C13H23NO. The number of rotatable bonds is 1. The second-order valence-electron chi connectivity index (χ2n) is 6.32.